The number of benzene rings is 1. The average Bonchev–Trinajstić information content (AvgIpc) is 3.46. The highest BCUT2D eigenvalue weighted by molar-refractivity contribution is 6.02. The molecule has 1 spiro atoms. The Morgan fingerprint density at radius 2 is 2.07 bits per heavy atom. The van der Waals surface area contributed by atoms with E-state index in [9.17, 15) is 9.59 Å². The number of nitrogens with one attached hydrogen (secondary N) is 1. The van der Waals surface area contributed by atoms with E-state index >= 15 is 0 Å². The predicted octanol–water partition coefficient (Wildman–Crippen LogP) is 2.20. The number of aromatic nitrogens is 1. The Labute approximate surface area is 168 Å². The van der Waals surface area contributed by atoms with Crippen molar-refractivity contribution in [3.8, 4) is 0 Å². The summed E-state index contributed by atoms with van der Waals surface area (Å²) in [6.07, 6.45) is 10.3. The van der Waals surface area contributed by atoms with Crippen LogP contribution >= 0.6 is 0 Å². The second-order valence-corrected chi connectivity index (χ2v) is 7.67. The summed E-state index contributed by atoms with van der Waals surface area (Å²) < 4.78 is 4.90. The van der Waals surface area contributed by atoms with E-state index in [1.54, 1.807) is 24.3 Å². The van der Waals surface area contributed by atoms with Gasteiger partial charge in [0.15, 0.2) is 6.39 Å². The molecule has 5 N–H and O–H groups in total. The van der Waals surface area contributed by atoms with Gasteiger partial charge in [-0.2, -0.15) is 0 Å². The highest BCUT2D eigenvalue weighted by Gasteiger charge is 2.52. The molecule has 2 amide bonds. The molecule has 1 unspecified atom stereocenters. The van der Waals surface area contributed by atoms with Crippen molar-refractivity contribution in [2.24, 2.45) is 0 Å². The van der Waals surface area contributed by atoms with E-state index < -0.39 is 0 Å². The predicted molar refractivity (Wildman–Crippen MR) is 110 cm³/mol. The molecule has 2 aliphatic rings. The highest BCUT2D eigenvalue weighted by atomic mass is 16.3. The van der Waals surface area contributed by atoms with Gasteiger partial charge in [0.2, 0.25) is 5.91 Å². The van der Waals surface area contributed by atoms with Crippen LogP contribution in [0.15, 0.2) is 41.3 Å². The number of carbonyl (C=O) groups excluding carboxylic acids is 2. The molecular formula is C21H25N5O3. The van der Waals surface area contributed by atoms with Gasteiger partial charge in [0.1, 0.15) is 12.0 Å². The molecule has 1 aliphatic carbocycles. The van der Waals surface area contributed by atoms with Crippen molar-refractivity contribution in [3.63, 3.8) is 0 Å². The fraction of sp³-hybridized carbons (Fsp3) is 0.381. The van der Waals surface area contributed by atoms with Gasteiger partial charge >= 0.3 is 0 Å². The number of oxazole rings is 1. The standard InChI is InChI=1S/C21H25N5O3/c22-16-5-3-4-15(19(16)23)20(28)26-11-8-17(21(26)9-1-2-10-21)25-18(27)7-6-14-12-29-13-24-14/h3-7,12-13,17H,1-2,8-11,22-23H2,(H,25,27)/b7-6+. The summed E-state index contributed by atoms with van der Waals surface area (Å²) in [4.78, 5) is 31.7. The first-order valence-corrected chi connectivity index (χ1v) is 9.84. The molecule has 152 valence electrons. The molecule has 8 heteroatoms. The molecule has 1 saturated carbocycles. The molecule has 1 saturated heterocycles. The fourth-order valence-electron chi connectivity index (χ4n) is 4.65. The van der Waals surface area contributed by atoms with E-state index in [1.165, 1.54) is 18.7 Å². The lowest BCUT2D eigenvalue weighted by Crippen LogP contribution is -2.56. The van der Waals surface area contributed by atoms with Crippen LogP contribution in [0.5, 0.6) is 0 Å². The van der Waals surface area contributed by atoms with Gasteiger partial charge in [-0.1, -0.05) is 18.9 Å². The third-order valence-corrected chi connectivity index (χ3v) is 6.09. The molecule has 2 heterocycles. The van der Waals surface area contributed by atoms with Crippen molar-refractivity contribution in [3.05, 3.63) is 48.2 Å². The molecule has 29 heavy (non-hydrogen) atoms. The number of nitrogen functional groups attached to an aromatic ring is 2. The topological polar surface area (TPSA) is 127 Å². The number of carbonyl (C=O) groups is 2. The summed E-state index contributed by atoms with van der Waals surface area (Å²) in [6.45, 7) is 0.574. The number of anilines is 2. The average molecular weight is 395 g/mol. The van der Waals surface area contributed by atoms with Gasteiger partial charge in [-0.15, -0.1) is 0 Å². The second-order valence-electron chi connectivity index (χ2n) is 7.67. The van der Waals surface area contributed by atoms with Crippen LogP contribution in [0.2, 0.25) is 0 Å². The summed E-state index contributed by atoms with van der Waals surface area (Å²) in [5, 5.41) is 3.10. The molecule has 8 nitrogen and oxygen atoms in total. The molecule has 1 aromatic heterocycles. The zero-order valence-corrected chi connectivity index (χ0v) is 16.1. The van der Waals surface area contributed by atoms with Crippen molar-refractivity contribution in [2.75, 3.05) is 18.0 Å². The van der Waals surface area contributed by atoms with Crippen molar-refractivity contribution >= 4 is 29.3 Å². The van der Waals surface area contributed by atoms with Crippen LogP contribution in [-0.4, -0.2) is 39.8 Å². The van der Waals surface area contributed by atoms with Gasteiger partial charge in [0.05, 0.1) is 28.5 Å². The third kappa shape index (κ3) is 3.46. The number of hydrogen-bond donors (Lipinski definition) is 3. The maximum atomic E-state index is 13.3. The zero-order valence-electron chi connectivity index (χ0n) is 16.1. The van der Waals surface area contributed by atoms with Gasteiger partial charge in [-0.25, -0.2) is 4.98 Å². The largest absolute Gasteiger partial charge is 0.451 e. The number of amides is 2. The lowest BCUT2D eigenvalue weighted by molar-refractivity contribution is -0.117. The molecule has 4 rings (SSSR count). The van der Waals surface area contributed by atoms with Crippen LogP contribution in [-0.2, 0) is 4.79 Å². The van der Waals surface area contributed by atoms with Crippen molar-refractivity contribution in [1.82, 2.24) is 15.2 Å². The van der Waals surface area contributed by atoms with E-state index in [2.05, 4.69) is 10.3 Å². The Morgan fingerprint density at radius 3 is 2.79 bits per heavy atom. The summed E-state index contributed by atoms with van der Waals surface area (Å²) in [7, 11) is 0. The monoisotopic (exact) mass is 395 g/mol. The number of nitrogens with two attached hydrogens (primary N) is 2. The first kappa shape index (κ1) is 19.0. The Balaban J connectivity index is 1.54. The molecular weight excluding hydrogens is 370 g/mol. The number of nitrogens with zero attached hydrogens (tertiary/aromatic N) is 2. The Hall–Kier alpha value is -3.29. The van der Waals surface area contributed by atoms with Crippen molar-refractivity contribution in [1.29, 1.82) is 0 Å². The Kier molecular flexibility index (Phi) is 5.00. The van der Waals surface area contributed by atoms with Crippen LogP contribution in [0.1, 0.15) is 48.2 Å². The molecule has 0 bridgehead atoms. The van der Waals surface area contributed by atoms with Crippen LogP contribution < -0.4 is 16.8 Å². The molecule has 1 atom stereocenters. The summed E-state index contributed by atoms with van der Waals surface area (Å²) in [5.74, 6) is -0.325. The molecule has 2 aromatic rings. The fourth-order valence-corrected chi connectivity index (χ4v) is 4.65. The highest BCUT2D eigenvalue weighted by Crippen LogP contribution is 2.44. The van der Waals surface area contributed by atoms with Crippen LogP contribution in [0.4, 0.5) is 11.4 Å². The lowest BCUT2D eigenvalue weighted by atomic mass is 9.88. The van der Waals surface area contributed by atoms with Crippen LogP contribution in [0.3, 0.4) is 0 Å². The Morgan fingerprint density at radius 1 is 1.28 bits per heavy atom. The van der Waals surface area contributed by atoms with Crippen LogP contribution in [0.25, 0.3) is 6.08 Å². The normalized spacial score (nSPS) is 20.6. The van der Waals surface area contributed by atoms with Crippen molar-refractivity contribution in [2.45, 2.75) is 43.7 Å². The summed E-state index contributed by atoms with van der Waals surface area (Å²) in [6, 6.07) is 5.03. The van der Waals surface area contributed by atoms with E-state index in [4.69, 9.17) is 15.9 Å². The van der Waals surface area contributed by atoms with E-state index in [0.29, 0.717) is 35.6 Å². The van der Waals surface area contributed by atoms with E-state index in [1.807, 2.05) is 4.90 Å². The Bertz CT molecular complexity index is 932. The molecule has 1 aliphatic heterocycles. The van der Waals surface area contributed by atoms with E-state index in [0.717, 1.165) is 25.7 Å². The van der Waals surface area contributed by atoms with Gasteiger partial charge < -0.3 is 26.1 Å². The maximum absolute atomic E-state index is 13.3. The maximum Gasteiger partial charge on any atom is 0.256 e. The smallest absolute Gasteiger partial charge is 0.256 e. The third-order valence-electron chi connectivity index (χ3n) is 6.09. The summed E-state index contributed by atoms with van der Waals surface area (Å²) in [5.41, 5.74) is 13.3. The van der Waals surface area contributed by atoms with Gasteiger partial charge in [0.25, 0.3) is 5.91 Å². The SMILES string of the molecule is Nc1cccc(C(=O)N2CCC(NC(=O)/C=C/c3cocn3)C23CCCC3)c1N. The van der Waals surface area contributed by atoms with Gasteiger partial charge in [-0.05, 0) is 37.5 Å². The first-order valence-electron chi connectivity index (χ1n) is 9.84. The van der Waals surface area contributed by atoms with Crippen LogP contribution in [0, 0.1) is 0 Å². The molecule has 1 aromatic carbocycles. The van der Waals surface area contributed by atoms with Crippen molar-refractivity contribution < 1.29 is 14.0 Å². The molecule has 0 radical (unpaired) electrons. The number of hydrogen-bond acceptors (Lipinski definition) is 6. The quantitative estimate of drug-likeness (QED) is 0.538. The summed E-state index contributed by atoms with van der Waals surface area (Å²) >= 11 is 0. The lowest BCUT2D eigenvalue weighted by Gasteiger charge is -2.39. The second kappa shape index (κ2) is 7.62. The number of rotatable bonds is 4. The van der Waals surface area contributed by atoms with E-state index in [-0.39, 0.29) is 23.4 Å². The minimum atomic E-state index is -0.383. The molecule has 2 fully saturated rings. The first-order chi connectivity index (χ1) is 14.0. The zero-order chi connectivity index (χ0) is 20.4. The van der Waals surface area contributed by atoms with Gasteiger partial charge in [0, 0.05) is 12.6 Å². The number of likely N-dealkylation sites (tertiary alicyclic amines) is 1. The minimum absolute atomic E-state index is 0.106. The minimum Gasteiger partial charge on any atom is -0.451 e. The number of para-hydroxylation sites is 1. The van der Waals surface area contributed by atoms with Gasteiger partial charge in [-0.3, -0.25) is 9.59 Å².